The molecule has 1 aromatic carbocycles. The minimum Gasteiger partial charge on any atom is -0.358 e. The third-order valence-corrected chi connectivity index (χ3v) is 11.1. The maximum atomic E-state index is 5.62. The third kappa shape index (κ3) is 80.3. The summed E-state index contributed by atoms with van der Waals surface area (Å²) in [5.41, 5.74) is 5.32. The van der Waals surface area contributed by atoms with Crippen LogP contribution >= 0.6 is 0 Å². The van der Waals surface area contributed by atoms with Gasteiger partial charge in [-0.2, -0.15) is 13.7 Å². The molecule has 6 aromatic rings. The molecule has 10 heterocycles. The number of nitrogens with zero attached hydrogens (tertiary/aromatic N) is 8. The average Bonchev–Trinajstić information content (AvgIpc) is 0.793. The molecule has 588 valence electrons. The van der Waals surface area contributed by atoms with E-state index in [0.717, 1.165) is 71.0 Å². The molecule has 13 nitrogen and oxygen atoms in total. The Morgan fingerprint density at radius 1 is 0.288 bits per heavy atom. The zero-order chi connectivity index (χ0) is 71.0. The number of hydrogen-bond acceptors (Lipinski definition) is 8. The minimum atomic E-state index is 0. The van der Waals surface area contributed by atoms with Gasteiger partial charge in [0.1, 0.15) is 18.1 Å². The van der Waals surface area contributed by atoms with E-state index in [0.29, 0.717) is 0 Å². The van der Waals surface area contributed by atoms with E-state index in [4.69, 9.17) is 23.7 Å². The van der Waals surface area contributed by atoms with Crippen LogP contribution in [0.15, 0.2) is 117 Å². The minimum absolute atomic E-state index is 0. The van der Waals surface area contributed by atoms with Crippen LogP contribution in [-0.4, -0.2) is 48.0 Å². The van der Waals surface area contributed by atoms with Crippen molar-refractivity contribution in [3.63, 3.8) is 0 Å². The Labute approximate surface area is 904 Å². The van der Waals surface area contributed by atoms with Gasteiger partial charge in [0.25, 0.3) is 25.0 Å². The van der Waals surface area contributed by atoms with Crippen LogP contribution in [-0.2, 0) is 383 Å². The first-order valence-corrected chi connectivity index (χ1v) is 35.9. The van der Waals surface area contributed by atoms with Gasteiger partial charge in [0.2, 0.25) is 5.69 Å². The maximum absolute atomic E-state index is 5.62. The van der Waals surface area contributed by atoms with Crippen molar-refractivity contribution in [2.75, 3.05) is 33.0 Å². The first kappa shape index (κ1) is 177. The number of ether oxygens (including phenoxy) is 5. The van der Waals surface area contributed by atoms with Gasteiger partial charge in [-0.05, 0) is 11.5 Å². The van der Waals surface area contributed by atoms with E-state index in [2.05, 4.69) is 106 Å². The van der Waals surface area contributed by atoms with Crippen molar-refractivity contribution >= 4 is 10.8 Å². The molecule has 0 saturated carbocycles. The molecule has 0 saturated heterocycles. The molecule has 5 atom stereocenters. The summed E-state index contributed by atoms with van der Waals surface area (Å²) < 4.78 is 38.0. The molecule has 5 aliphatic heterocycles. The molecule has 0 amide bonds. The van der Waals surface area contributed by atoms with Crippen LogP contribution in [0.25, 0.3) is 10.8 Å². The van der Waals surface area contributed by atoms with Gasteiger partial charge in [-0.25, -0.2) is 9.13 Å². The van der Waals surface area contributed by atoms with Crippen LogP contribution in [0.5, 0.6) is 0 Å². The van der Waals surface area contributed by atoms with Crippen molar-refractivity contribution in [3.8, 4) is 0 Å². The molecule has 0 aliphatic carbocycles. The third-order valence-electron chi connectivity index (χ3n) is 11.1. The molecule has 23 heteroatoms. The summed E-state index contributed by atoms with van der Waals surface area (Å²) in [6, 6.07) is 20.9. The van der Waals surface area contributed by atoms with Crippen LogP contribution in [0.1, 0.15) is 302 Å². The summed E-state index contributed by atoms with van der Waals surface area (Å²) in [7, 11) is 0. The number of rotatable bonds is 0. The van der Waals surface area contributed by atoms with E-state index in [1.54, 1.807) is 6.20 Å². The molecule has 5 aliphatic rings. The number of aromatic nitrogens is 8. The average molecular weight is 2220 g/mol. The standard InChI is InChI=1S/C13H14NO.C9H12NO.3C8H11N2O.15C2H6.5CH3.10Y/c1-10-14-8-6-11-4-2-3-5-12(11)13(14)7-9-15-10;1-8-10-6-3-2-4-9(10)5-7-11-8;1-7-10-4-3-9-6-8(10)2-5-11-7;1-7-10-6-9-4-2-8(10)3-5-11-7;1-7-10-5-2-4-9-8(10)3-6-11-7;15*1-2;;;;;;;;;;;;;;;/h2-6,8,10H,7,9H2,1H3;2-4,6,8H,5,7H2,1H3;3-4,6-7H,2,5H2,1H3;2,4,6-7H,3,5H2,1H3;2,4-5,7H,3,6H2,1H3;15*1-2H3;5*1H3;;;;;;;;;;/q5*+1;;;;;;;;;;;;;;;;5*-1;;;;;;;;;;. The van der Waals surface area contributed by atoms with Crippen molar-refractivity contribution < 1.29 is 374 Å². The van der Waals surface area contributed by atoms with Crippen LogP contribution < -0.4 is 22.8 Å². The molecule has 0 spiro atoms. The van der Waals surface area contributed by atoms with Gasteiger partial charge in [-0.3, -0.25) is 4.98 Å². The number of pyridine rings is 2. The molecule has 0 bridgehead atoms. The van der Waals surface area contributed by atoms with Crippen molar-refractivity contribution in [1.29, 1.82) is 0 Å². The van der Waals surface area contributed by atoms with Crippen LogP contribution in [0.2, 0.25) is 0 Å². The zero-order valence-electron chi connectivity index (χ0n) is 75.8. The predicted molar refractivity (Wildman–Crippen MR) is 418 cm³/mol. The fourth-order valence-electron chi connectivity index (χ4n) is 7.84. The Bertz CT molecular complexity index is 2110. The fraction of sp³-hybridized carbons (Fsp3) is 0.617. The quantitative estimate of drug-likeness (QED) is 0.109. The van der Waals surface area contributed by atoms with Crippen molar-refractivity contribution in [2.24, 2.45) is 0 Å². The summed E-state index contributed by atoms with van der Waals surface area (Å²) in [5.74, 6) is 1.12. The summed E-state index contributed by atoms with van der Waals surface area (Å²) in [6.45, 7) is 74.4. The van der Waals surface area contributed by atoms with Crippen molar-refractivity contribution in [2.45, 2.75) is 306 Å². The molecular weight excluding hydrogens is 2050 g/mol. The molecule has 5 aromatic heterocycles. The Kier molecular flexibility index (Phi) is 244. The molecular formula is C81H164N8O5Y10. The monoisotopic (exact) mass is 2220 g/mol. The topological polar surface area (TPSA) is 104 Å². The smallest absolute Gasteiger partial charge is 0.302 e. The molecule has 10 radical (unpaired) electrons. The zero-order valence-corrected chi connectivity index (χ0v) is 104. The largest absolute Gasteiger partial charge is 0.358 e. The van der Waals surface area contributed by atoms with Crippen LogP contribution in [0.4, 0.5) is 0 Å². The normalized spacial score (nSPS) is 13.4. The second kappa shape index (κ2) is 144. The number of fused-ring (bicyclic) bond motifs is 7. The van der Waals surface area contributed by atoms with E-state index >= 15 is 0 Å². The Balaban J connectivity index is -0.0000000311. The number of hydrogen-bond donors (Lipinski definition) is 0. The number of benzene rings is 1. The second-order valence-corrected chi connectivity index (χ2v) is 14.9. The Morgan fingerprint density at radius 3 is 1.03 bits per heavy atom. The van der Waals surface area contributed by atoms with Crippen LogP contribution in [0, 0.1) is 37.1 Å². The van der Waals surface area contributed by atoms with E-state index in [1.165, 1.54) is 33.5 Å². The first-order valence-electron chi connectivity index (χ1n) is 35.9. The van der Waals surface area contributed by atoms with E-state index in [1.807, 2.05) is 284 Å². The Morgan fingerprint density at radius 2 is 0.625 bits per heavy atom. The predicted octanol–water partition coefficient (Wildman–Crippen LogP) is 22.3. The van der Waals surface area contributed by atoms with Gasteiger partial charge in [-0.15, -0.1) is 0 Å². The van der Waals surface area contributed by atoms with E-state index in [-0.39, 0.29) is 395 Å². The van der Waals surface area contributed by atoms with Gasteiger partial charge < -0.3 is 60.8 Å². The van der Waals surface area contributed by atoms with Gasteiger partial charge >= 0.3 is 5.82 Å². The van der Waals surface area contributed by atoms with Crippen molar-refractivity contribution in [1.82, 2.24) is 15.0 Å². The van der Waals surface area contributed by atoms with Gasteiger partial charge in [0.15, 0.2) is 42.4 Å². The molecule has 104 heavy (non-hydrogen) atoms. The Hall–Kier alpha value is 5.86. The summed E-state index contributed by atoms with van der Waals surface area (Å²) in [5, 5.41) is 2.67. The first-order chi connectivity index (χ1) is 43.9. The summed E-state index contributed by atoms with van der Waals surface area (Å²) in [4.78, 5) is 12.3. The maximum Gasteiger partial charge on any atom is 0.302 e. The molecule has 0 fully saturated rings. The van der Waals surface area contributed by atoms with Gasteiger partial charge in [-0.1, -0.05) is 242 Å². The second-order valence-electron chi connectivity index (χ2n) is 14.9. The summed E-state index contributed by atoms with van der Waals surface area (Å²) in [6.07, 6.45) is 23.1. The van der Waals surface area contributed by atoms with Crippen molar-refractivity contribution in [3.05, 3.63) is 182 Å². The molecule has 0 N–H and O–H groups in total. The SMILES string of the molecule is CC.CC.CC.CC.CC.CC.CC.CC.CC.CC.CC.CC.CC.CC.CC.CC1OCCc2c3ccccc3cc[n+]21.CC1OCCc2cccc[n+]21.CC1OCCc2ccnc[n+]21.CC1OCCc2cncc[n+]21.CC1OCCc2nccc[n+]21.[CH3-].[CH3-].[CH3-].[CH3-].[CH3-].[Y].[Y].[Y].[Y].[Y].[Y].[Y].[Y].[Y].[Y]. The fourth-order valence-corrected chi connectivity index (χ4v) is 7.84. The van der Waals surface area contributed by atoms with E-state index in [9.17, 15) is 0 Å². The summed E-state index contributed by atoms with van der Waals surface area (Å²) >= 11 is 0. The molecule has 11 rings (SSSR count). The van der Waals surface area contributed by atoms with E-state index < -0.39 is 0 Å². The van der Waals surface area contributed by atoms with Crippen LogP contribution in [0.3, 0.4) is 0 Å². The molecule has 5 unspecified atom stereocenters. The van der Waals surface area contributed by atoms with Gasteiger partial charge in [0, 0.05) is 404 Å². The van der Waals surface area contributed by atoms with Gasteiger partial charge in [0.05, 0.1) is 77.3 Å².